The van der Waals surface area contributed by atoms with Crippen LogP contribution in [0.1, 0.15) is 13.3 Å². The highest BCUT2D eigenvalue weighted by molar-refractivity contribution is 7.99. The number of rotatable bonds is 7. The number of alkyl halides is 2. The second kappa shape index (κ2) is 7.24. The van der Waals surface area contributed by atoms with Gasteiger partial charge in [0.1, 0.15) is 6.10 Å². The molecule has 1 aromatic carbocycles. The van der Waals surface area contributed by atoms with Gasteiger partial charge in [0.2, 0.25) is 0 Å². The number of methoxy groups -OCH3 is 1. The molecule has 0 aliphatic heterocycles. The summed E-state index contributed by atoms with van der Waals surface area (Å²) in [7, 11) is 1.67. The number of benzene rings is 1. The molecule has 3 atom stereocenters. The van der Waals surface area contributed by atoms with Crippen molar-refractivity contribution in [2.45, 2.75) is 42.2 Å². The van der Waals surface area contributed by atoms with Gasteiger partial charge in [-0.3, -0.25) is 0 Å². The molecule has 3 unspecified atom stereocenters. The van der Waals surface area contributed by atoms with Crippen LogP contribution in [0.4, 0.5) is 14.5 Å². The summed E-state index contributed by atoms with van der Waals surface area (Å²) < 4.78 is 35.4. The predicted molar refractivity (Wildman–Crippen MR) is 76.5 cm³/mol. The number of nitrogens with one attached hydrogen (secondary N) is 1. The average molecular weight is 303 g/mol. The van der Waals surface area contributed by atoms with Gasteiger partial charge in [0.05, 0.1) is 12.1 Å². The van der Waals surface area contributed by atoms with Crippen molar-refractivity contribution in [3.05, 3.63) is 24.3 Å². The lowest BCUT2D eigenvalue weighted by atomic mass is 9.85. The van der Waals surface area contributed by atoms with Crippen LogP contribution in [0.3, 0.4) is 0 Å². The zero-order chi connectivity index (χ0) is 14.5. The van der Waals surface area contributed by atoms with Crippen molar-refractivity contribution in [1.29, 1.82) is 0 Å². The second-order valence-corrected chi connectivity index (χ2v) is 5.65. The van der Waals surface area contributed by atoms with E-state index in [1.54, 1.807) is 19.2 Å². The third-order valence-electron chi connectivity index (χ3n) is 3.33. The third kappa shape index (κ3) is 3.84. The molecule has 1 aliphatic carbocycles. The molecule has 20 heavy (non-hydrogen) atoms. The van der Waals surface area contributed by atoms with Gasteiger partial charge in [-0.15, -0.1) is 0 Å². The molecule has 6 heteroatoms. The van der Waals surface area contributed by atoms with Crippen LogP contribution in [0.15, 0.2) is 29.2 Å². The molecular formula is C14H19F2NO2S. The zero-order valence-corrected chi connectivity index (χ0v) is 12.3. The minimum absolute atomic E-state index is 0.0325. The Balaban J connectivity index is 1.87. The third-order valence-corrected chi connectivity index (χ3v) is 4.06. The monoisotopic (exact) mass is 303 g/mol. The quantitative estimate of drug-likeness (QED) is 0.780. The van der Waals surface area contributed by atoms with Crippen LogP contribution in [0.2, 0.25) is 0 Å². The maximum atomic E-state index is 12.2. The van der Waals surface area contributed by atoms with Crippen LogP contribution in [-0.4, -0.2) is 37.7 Å². The summed E-state index contributed by atoms with van der Waals surface area (Å²) in [4.78, 5) is 0.564. The molecule has 1 aliphatic rings. The molecule has 0 bridgehead atoms. The molecule has 0 spiro atoms. The SMILES string of the molecule is CCOC1CC(Nc2ccc(SC(F)F)cc2)C1OC. The van der Waals surface area contributed by atoms with Gasteiger partial charge in [0.25, 0.3) is 5.76 Å². The Hall–Kier alpha value is -0.850. The number of anilines is 1. The number of thioether (sulfide) groups is 1. The lowest BCUT2D eigenvalue weighted by molar-refractivity contribution is -0.118. The lowest BCUT2D eigenvalue weighted by Gasteiger charge is -2.43. The Kier molecular flexibility index (Phi) is 5.63. The number of halogens is 2. The van der Waals surface area contributed by atoms with Crippen molar-refractivity contribution in [1.82, 2.24) is 0 Å². The number of hydrogen-bond donors (Lipinski definition) is 1. The molecule has 0 heterocycles. The molecule has 1 saturated carbocycles. The van der Waals surface area contributed by atoms with Crippen LogP contribution in [0, 0.1) is 0 Å². The number of hydrogen-bond acceptors (Lipinski definition) is 4. The van der Waals surface area contributed by atoms with E-state index < -0.39 is 5.76 Å². The van der Waals surface area contributed by atoms with Gasteiger partial charge in [0, 0.05) is 24.3 Å². The summed E-state index contributed by atoms with van der Waals surface area (Å²) in [5, 5.41) is 3.35. The summed E-state index contributed by atoms with van der Waals surface area (Å²) in [5.74, 6) is -2.38. The zero-order valence-electron chi connectivity index (χ0n) is 11.5. The molecular weight excluding hydrogens is 284 g/mol. The summed E-state index contributed by atoms with van der Waals surface area (Å²) in [6.07, 6.45) is 1.06. The molecule has 1 N–H and O–H groups in total. The van der Waals surface area contributed by atoms with Crippen molar-refractivity contribution >= 4 is 17.4 Å². The Bertz CT molecular complexity index is 416. The van der Waals surface area contributed by atoms with Gasteiger partial charge in [-0.2, -0.15) is 8.78 Å². The van der Waals surface area contributed by atoms with Crippen molar-refractivity contribution in [3.8, 4) is 0 Å². The molecule has 0 saturated heterocycles. The number of ether oxygens (including phenoxy) is 2. The maximum absolute atomic E-state index is 12.2. The van der Waals surface area contributed by atoms with Crippen LogP contribution < -0.4 is 5.32 Å². The fourth-order valence-electron chi connectivity index (χ4n) is 2.36. The van der Waals surface area contributed by atoms with Crippen LogP contribution in [0.5, 0.6) is 0 Å². The Morgan fingerprint density at radius 3 is 2.60 bits per heavy atom. The van der Waals surface area contributed by atoms with E-state index in [0.717, 1.165) is 12.1 Å². The van der Waals surface area contributed by atoms with E-state index in [4.69, 9.17) is 9.47 Å². The summed E-state index contributed by atoms with van der Waals surface area (Å²) >= 11 is 0.552. The molecule has 3 nitrogen and oxygen atoms in total. The first-order valence-electron chi connectivity index (χ1n) is 6.59. The van der Waals surface area contributed by atoms with Crippen molar-refractivity contribution in [2.75, 3.05) is 19.0 Å². The highest BCUT2D eigenvalue weighted by Gasteiger charge is 2.42. The minimum atomic E-state index is -2.38. The fraction of sp³-hybridized carbons (Fsp3) is 0.571. The van der Waals surface area contributed by atoms with E-state index in [9.17, 15) is 8.78 Å². The van der Waals surface area contributed by atoms with E-state index in [0.29, 0.717) is 23.3 Å². The molecule has 112 valence electrons. The average Bonchev–Trinajstić information content (AvgIpc) is 2.39. The van der Waals surface area contributed by atoms with Crippen molar-refractivity contribution in [3.63, 3.8) is 0 Å². The van der Waals surface area contributed by atoms with Crippen LogP contribution >= 0.6 is 11.8 Å². The normalized spacial score (nSPS) is 25.6. The summed E-state index contributed by atoms with van der Waals surface area (Å²) in [5.41, 5.74) is 0.908. The molecule has 0 radical (unpaired) electrons. The Labute approximate surface area is 122 Å². The first-order chi connectivity index (χ1) is 9.63. The molecule has 0 aromatic heterocycles. The highest BCUT2D eigenvalue weighted by atomic mass is 32.2. The Morgan fingerprint density at radius 1 is 1.35 bits per heavy atom. The standard InChI is InChI=1S/C14H19F2NO2S/c1-3-19-12-8-11(13(12)18-2)17-9-4-6-10(7-5-9)20-14(15)16/h4-7,11-14,17H,3,8H2,1-2H3. The van der Waals surface area contributed by atoms with Gasteiger partial charge in [-0.25, -0.2) is 0 Å². The fourth-order valence-corrected chi connectivity index (χ4v) is 2.86. The van der Waals surface area contributed by atoms with Crippen molar-refractivity contribution in [2.24, 2.45) is 0 Å². The van der Waals surface area contributed by atoms with Crippen molar-refractivity contribution < 1.29 is 18.3 Å². The smallest absolute Gasteiger partial charge is 0.288 e. The molecule has 0 amide bonds. The summed E-state index contributed by atoms with van der Waals surface area (Å²) in [6, 6.07) is 7.21. The van der Waals surface area contributed by atoms with E-state index in [1.165, 1.54) is 0 Å². The van der Waals surface area contributed by atoms with Gasteiger partial charge in [-0.1, -0.05) is 11.8 Å². The van der Waals surface area contributed by atoms with Crippen LogP contribution in [-0.2, 0) is 9.47 Å². The minimum Gasteiger partial charge on any atom is -0.379 e. The molecule has 1 aromatic rings. The van der Waals surface area contributed by atoms with E-state index in [2.05, 4.69) is 5.32 Å². The predicted octanol–water partition coefficient (Wildman–Crippen LogP) is 3.61. The largest absolute Gasteiger partial charge is 0.379 e. The topological polar surface area (TPSA) is 30.5 Å². The molecule has 2 rings (SSSR count). The maximum Gasteiger partial charge on any atom is 0.288 e. The second-order valence-electron chi connectivity index (χ2n) is 4.58. The van der Waals surface area contributed by atoms with Gasteiger partial charge >= 0.3 is 0 Å². The first kappa shape index (κ1) is 15.5. The van der Waals surface area contributed by atoms with E-state index in [-0.39, 0.29) is 18.2 Å². The van der Waals surface area contributed by atoms with Gasteiger partial charge < -0.3 is 14.8 Å². The van der Waals surface area contributed by atoms with Crippen LogP contribution in [0.25, 0.3) is 0 Å². The van der Waals surface area contributed by atoms with E-state index >= 15 is 0 Å². The van der Waals surface area contributed by atoms with Gasteiger partial charge in [0.15, 0.2) is 0 Å². The van der Waals surface area contributed by atoms with E-state index in [1.807, 2.05) is 19.1 Å². The Morgan fingerprint density at radius 2 is 2.05 bits per heavy atom. The van der Waals surface area contributed by atoms with Gasteiger partial charge in [-0.05, 0) is 37.6 Å². The first-order valence-corrected chi connectivity index (χ1v) is 7.47. The summed E-state index contributed by atoms with van der Waals surface area (Å²) in [6.45, 7) is 2.64. The highest BCUT2D eigenvalue weighted by Crippen LogP contribution is 2.31. The molecule has 1 fully saturated rings. The lowest BCUT2D eigenvalue weighted by Crippen LogP contribution is -2.56.